The number of likely N-dealkylation sites (tertiary alicyclic amines) is 1. The van der Waals surface area contributed by atoms with E-state index < -0.39 is 5.97 Å². The molecule has 6 nitrogen and oxygen atoms in total. The second kappa shape index (κ2) is 8.15. The van der Waals surface area contributed by atoms with Crippen LogP contribution in [0.5, 0.6) is 0 Å². The normalized spacial score (nSPS) is 17.9. The molecule has 2 amide bonds. The van der Waals surface area contributed by atoms with Crippen LogP contribution in [0.1, 0.15) is 36.5 Å². The zero-order valence-corrected chi connectivity index (χ0v) is 14.3. The fourth-order valence-corrected chi connectivity index (χ4v) is 3.23. The van der Waals surface area contributed by atoms with Crippen LogP contribution in [0.3, 0.4) is 0 Å². The number of rotatable bonds is 4. The highest BCUT2D eigenvalue weighted by Gasteiger charge is 2.27. The summed E-state index contributed by atoms with van der Waals surface area (Å²) in [5.74, 6) is -1.37. The molecular formula is C17H21ClN2O4. The van der Waals surface area contributed by atoms with E-state index in [1.807, 2.05) is 0 Å². The first-order valence-electron chi connectivity index (χ1n) is 7.92. The van der Waals surface area contributed by atoms with Gasteiger partial charge in [-0.25, -0.2) is 0 Å². The second-order valence-corrected chi connectivity index (χ2v) is 6.36. The summed E-state index contributed by atoms with van der Waals surface area (Å²) < 4.78 is 0. The standard InChI is InChI=1S/C17H21ClN2O4/c1-12(21)20(11-16(22)23)15-6-3-8-19(9-7-15)17(24)13-4-2-5-14(18)10-13/h2,4-5,10,15H,3,6-9,11H2,1H3,(H,22,23). The number of halogens is 1. The number of carboxylic acid groups (broad SMARTS) is 1. The zero-order chi connectivity index (χ0) is 17.7. The molecule has 1 heterocycles. The number of carbonyl (C=O) groups excluding carboxylic acids is 2. The molecular weight excluding hydrogens is 332 g/mol. The largest absolute Gasteiger partial charge is 0.480 e. The highest BCUT2D eigenvalue weighted by Crippen LogP contribution is 2.20. The minimum Gasteiger partial charge on any atom is -0.480 e. The Kier molecular flexibility index (Phi) is 6.20. The molecule has 0 bridgehead atoms. The highest BCUT2D eigenvalue weighted by molar-refractivity contribution is 6.30. The summed E-state index contributed by atoms with van der Waals surface area (Å²) in [4.78, 5) is 38.4. The Bertz CT molecular complexity index is 635. The second-order valence-electron chi connectivity index (χ2n) is 5.93. The van der Waals surface area contributed by atoms with Crippen LogP contribution in [0, 0.1) is 0 Å². The lowest BCUT2D eigenvalue weighted by molar-refractivity contribution is -0.145. The van der Waals surface area contributed by atoms with Gasteiger partial charge in [0.15, 0.2) is 0 Å². The molecule has 7 heteroatoms. The van der Waals surface area contributed by atoms with Gasteiger partial charge < -0.3 is 14.9 Å². The van der Waals surface area contributed by atoms with Crippen molar-refractivity contribution in [2.75, 3.05) is 19.6 Å². The van der Waals surface area contributed by atoms with Crippen molar-refractivity contribution in [2.24, 2.45) is 0 Å². The summed E-state index contributed by atoms with van der Waals surface area (Å²) in [5, 5.41) is 9.49. The van der Waals surface area contributed by atoms with Crippen molar-refractivity contribution < 1.29 is 19.5 Å². The van der Waals surface area contributed by atoms with Crippen LogP contribution in [0.25, 0.3) is 0 Å². The van der Waals surface area contributed by atoms with Gasteiger partial charge in [-0.2, -0.15) is 0 Å². The maximum absolute atomic E-state index is 12.6. The molecule has 1 unspecified atom stereocenters. The van der Waals surface area contributed by atoms with E-state index in [-0.39, 0.29) is 24.4 Å². The zero-order valence-electron chi connectivity index (χ0n) is 13.6. The quantitative estimate of drug-likeness (QED) is 0.901. The summed E-state index contributed by atoms with van der Waals surface area (Å²) in [6.07, 6.45) is 1.98. The number of aliphatic carboxylic acids is 1. The summed E-state index contributed by atoms with van der Waals surface area (Å²) in [6.45, 7) is 2.14. The van der Waals surface area contributed by atoms with E-state index in [2.05, 4.69) is 0 Å². The van der Waals surface area contributed by atoms with Crippen LogP contribution in [0.2, 0.25) is 5.02 Å². The minimum atomic E-state index is -1.03. The molecule has 1 aromatic rings. The van der Waals surface area contributed by atoms with Gasteiger partial charge in [-0.05, 0) is 37.5 Å². The number of hydrogen-bond acceptors (Lipinski definition) is 3. The van der Waals surface area contributed by atoms with Crippen molar-refractivity contribution in [2.45, 2.75) is 32.2 Å². The molecule has 1 saturated heterocycles. The third-order valence-corrected chi connectivity index (χ3v) is 4.44. The first kappa shape index (κ1) is 18.3. The number of hydrogen-bond donors (Lipinski definition) is 1. The van der Waals surface area contributed by atoms with Gasteiger partial charge in [-0.3, -0.25) is 14.4 Å². The number of carbonyl (C=O) groups is 3. The number of carboxylic acids is 1. The van der Waals surface area contributed by atoms with Crippen LogP contribution in [-0.4, -0.2) is 58.4 Å². The van der Waals surface area contributed by atoms with Gasteiger partial charge in [0.25, 0.3) is 5.91 Å². The molecule has 24 heavy (non-hydrogen) atoms. The van der Waals surface area contributed by atoms with E-state index in [1.54, 1.807) is 29.2 Å². The summed E-state index contributed by atoms with van der Waals surface area (Å²) >= 11 is 5.94. The summed E-state index contributed by atoms with van der Waals surface area (Å²) in [6, 6.07) is 6.66. The van der Waals surface area contributed by atoms with Gasteiger partial charge in [0.1, 0.15) is 6.54 Å². The predicted molar refractivity (Wildman–Crippen MR) is 90.0 cm³/mol. The van der Waals surface area contributed by atoms with E-state index in [0.717, 1.165) is 6.42 Å². The Balaban J connectivity index is 2.05. The molecule has 130 valence electrons. The monoisotopic (exact) mass is 352 g/mol. The fourth-order valence-electron chi connectivity index (χ4n) is 3.04. The molecule has 0 radical (unpaired) electrons. The average molecular weight is 353 g/mol. The Morgan fingerprint density at radius 3 is 2.67 bits per heavy atom. The molecule has 1 aromatic carbocycles. The van der Waals surface area contributed by atoms with Crippen molar-refractivity contribution >= 4 is 29.4 Å². The van der Waals surface area contributed by atoms with Gasteiger partial charge in [0.05, 0.1) is 0 Å². The smallest absolute Gasteiger partial charge is 0.323 e. The lowest BCUT2D eigenvalue weighted by Gasteiger charge is -2.28. The van der Waals surface area contributed by atoms with E-state index in [0.29, 0.717) is 36.5 Å². The van der Waals surface area contributed by atoms with Gasteiger partial charge >= 0.3 is 5.97 Å². The van der Waals surface area contributed by atoms with E-state index in [1.165, 1.54) is 11.8 Å². The molecule has 2 rings (SSSR count). The summed E-state index contributed by atoms with van der Waals surface area (Å²) in [7, 11) is 0. The molecule has 1 fully saturated rings. The van der Waals surface area contributed by atoms with Crippen LogP contribution in [0.15, 0.2) is 24.3 Å². The Morgan fingerprint density at radius 1 is 1.29 bits per heavy atom. The van der Waals surface area contributed by atoms with Crippen LogP contribution < -0.4 is 0 Å². The fraction of sp³-hybridized carbons (Fsp3) is 0.471. The molecule has 1 aliphatic rings. The molecule has 0 aliphatic carbocycles. The van der Waals surface area contributed by atoms with Gasteiger partial charge in [0.2, 0.25) is 5.91 Å². The first-order valence-corrected chi connectivity index (χ1v) is 8.30. The average Bonchev–Trinajstić information content (AvgIpc) is 2.77. The highest BCUT2D eigenvalue weighted by atomic mass is 35.5. The van der Waals surface area contributed by atoms with Crippen molar-refractivity contribution in [3.63, 3.8) is 0 Å². The minimum absolute atomic E-state index is 0.0919. The number of benzene rings is 1. The van der Waals surface area contributed by atoms with E-state index in [4.69, 9.17) is 16.7 Å². The van der Waals surface area contributed by atoms with E-state index >= 15 is 0 Å². The SMILES string of the molecule is CC(=O)N(CC(=O)O)C1CCCN(C(=O)c2cccc(Cl)c2)CC1. The van der Waals surface area contributed by atoms with E-state index in [9.17, 15) is 14.4 Å². The van der Waals surface area contributed by atoms with Crippen molar-refractivity contribution in [1.29, 1.82) is 0 Å². The maximum atomic E-state index is 12.6. The van der Waals surface area contributed by atoms with Gasteiger partial charge in [-0.1, -0.05) is 17.7 Å². The van der Waals surface area contributed by atoms with Crippen molar-refractivity contribution in [3.05, 3.63) is 34.9 Å². The predicted octanol–water partition coefficient (Wildman–Crippen LogP) is 2.27. The summed E-state index contributed by atoms with van der Waals surface area (Å²) in [5.41, 5.74) is 0.537. The lowest BCUT2D eigenvalue weighted by Crippen LogP contribution is -2.43. The van der Waals surface area contributed by atoms with Gasteiger partial charge in [0, 0.05) is 36.6 Å². The van der Waals surface area contributed by atoms with Gasteiger partial charge in [-0.15, -0.1) is 0 Å². The molecule has 1 N–H and O–H groups in total. The maximum Gasteiger partial charge on any atom is 0.323 e. The van der Waals surface area contributed by atoms with Crippen molar-refractivity contribution in [1.82, 2.24) is 9.80 Å². The Morgan fingerprint density at radius 2 is 2.04 bits per heavy atom. The topological polar surface area (TPSA) is 77.9 Å². The molecule has 0 saturated carbocycles. The molecule has 0 spiro atoms. The first-order chi connectivity index (χ1) is 11.4. The lowest BCUT2D eigenvalue weighted by atomic mass is 10.1. The Hall–Kier alpha value is -2.08. The molecule has 0 aromatic heterocycles. The third-order valence-electron chi connectivity index (χ3n) is 4.21. The number of nitrogens with zero attached hydrogens (tertiary/aromatic N) is 2. The van der Waals surface area contributed by atoms with Crippen LogP contribution >= 0.6 is 11.6 Å². The third kappa shape index (κ3) is 4.71. The van der Waals surface area contributed by atoms with Crippen molar-refractivity contribution in [3.8, 4) is 0 Å². The Labute approximate surface area is 146 Å². The number of amides is 2. The van der Waals surface area contributed by atoms with Crippen LogP contribution in [0.4, 0.5) is 0 Å². The van der Waals surface area contributed by atoms with Crippen LogP contribution in [-0.2, 0) is 9.59 Å². The molecule has 1 aliphatic heterocycles. The molecule has 1 atom stereocenters.